The smallest absolute Gasteiger partial charge is 0.338 e. The topological polar surface area (TPSA) is 98.8 Å². The fourth-order valence-corrected chi connectivity index (χ4v) is 3.70. The van der Waals surface area contributed by atoms with Crippen molar-refractivity contribution >= 4 is 33.1 Å². The Kier molecular flexibility index (Phi) is 5.93. The van der Waals surface area contributed by atoms with Gasteiger partial charge in [0, 0.05) is 4.88 Å². The standard InChI is InChI=1S/C16H17NO6S2/c1-10-4-7-14(24-10)12(18)9-23-16(19)11-5-6-13(22-3)15(8-11)25(20,21)17-2/h4-8,17H,9H2,1-3H3. The highest BCUT2D eigenvalue weighted by Gasteiger charge is 2.21. The van der Waals surface area contributed by atoms with Crippen molar-refractivity contribution in [2.24, 2.45) is 0 Å². The van der Waals surface area contributed by atoms with E-state index in [4.69, 9.17) is 9.47 Å². The molecule has 0 saturated carbocycles. The van der Waals surface area contributed by atoms with Crippen LogP contribution in [-0.2, 0) is 14.8 Å². The third kappa shape index (κ3) is 4.44. The normalized spacial score (nSPS) is 11.2. The predicted octanol–water partition coefficient (Wildman–Crippen LogP) is 2.01. The number of benzene rings is 1. The summed E-state index contributed by atoms with van der Waals surface area (Å²) in [6.45, 7) is 1.45. The van der Waals surface area contributed by atoms with Crippen molar-refractivity contribution < 1.29 is 27.5 Å². The van der Waals surface area contributed by atoms with Crippen molar-refractivity contribution in [3.8, 4) is 5.75 Å². The minimum Gasteiger partial charge on any atom is -0.495 e. The van der Waals surface area contributed by atoms with Crippen LogP contribution in [0.2, 0.25) is 0 Å². The maximum Gasteiger partial charge on any atom is 0.338 e. The van der Waals surface area contributed by atoms with Crippen LogP contribution in [0.5, 0.6) is 5.75 Å². The van der Waals surface area contributed by atoms with Gasteiger partial charge in [0.05, 0.1) is 17.6 Å². The van der Waals surface area contributed by atoms with Crippen LogP contribution in [0.15, 0.2) is 35.2 Å². The number of thiophene rings is 1. The molecule has 0 saturated heterocycles. The van der Waals surface area contributed by atoms with Crippen LogP contribution >= 0.6 is 11.3 Å². The summed E-state index contributed by atoms with van der Waals surface area (Å²) in [5, 5.41) is 0. The van der Waals surface area contributed by atoms with Crippen molar-refractivity contribution in [1.29, 1.82) is 0 Å². The Labute approximate surface area is 149 Å². The number of nitrogens with one attached hydrogen (secondary N) is 1. The Bertz CT molecular complexity index is 901. The number of carbonyl (C=O) groups is 2. The van der Waals surface area contributed by atoms with Gasteiger partial charge in [-0.2, -0.15) is 0 Å². The Balaban J connectivity index is 2.17. The molecule has 0 bridgehead atoms. The molecule has 0 aliphatic heterocycles. The largest absolute Gasteiger partial charge is 0.495 e. The monoisotopic (exact) mass is 383 g/mol. The first-order valence-corrected chi connectivity index (χ1v) is 9.47. The quantitative estimate of drug-likeness (QED) is 0.580. The summed E-state index contributed by atoms with van der Waals surface area (Å²) >= 11 is 1.31. The second-order valence-corrected chi connectivity index (χ2v) is 8.13. The molecule has 0 atom stereocenters. The highest BCUT2D eigenvalue weighted by Crippen LogP contribution is 2.25. The molecule has 0 spiro atoms. The number of hydrogen-bond acceptors (Lipinski definition) is 7. The van der Waals surface area contributed by atoms with Crippen LogP contribution in [0.3, 0.4) is 0 Å². The first-order chi connectivity index (χ1) is 11.8. The highest BCUT2D eigenvalue weighted by atomic mass is 32.2. The summed E-state index contributed by atoms with van der Waals surface area (Å²) in [5.74, 6) is -1.02. The molecule has 0 aliphatic carbocycles. The highest BCUT2D eigenvalue weighted by molar-refractivity contribution is 7.89. The molecule has 7 nitrogen and oxygen atoms in total. The molecule has 1 aromatic carbocycles. The second-order valence-electron chi connectivity index (χ2n) is 4.98. The molecule has 1 aromatic heterocycles. The van der Waals surface area contributed by atoms with Crippen molar-refractivity contribution in [3.63, 3.8) is 0 Å². The van der Waals surface area contributed by atoms with Gasteiger partial charge in [0.15, 0.2) is 6.61 Å². The van der Waals surface area contributed by atoms with E-state index in [1.165, 1.54) is 37.6 Å². The minimum absolute atomic E-state index is 0.00443. The van der Waals surface area contributed by atoms with Gasteiger partial charge >= 0.3 is 5.97 Å². The molecule has 2 rings (SSSR count). The van der Waals surface area contributed by atoms with Crippen molar-refractivity contribution in [2.45, 2.75) is 11.8 Å². The molecule has 25 heavy (non-hydrogen) atoms. The van der Waals surface area contributed by atoms with Gasteiger partial charge in [-0.25, -0.2) is 17.9 Å². The van der Waals surface area contributed by atoms with E-state index in [0.717, 1.165) is 10.9 Å². The summed E-state index contributed by atoms with van der Waals surface area (Å²) < 4.78 is 36.2. The summed E-state index contributed by atoms with van der Waals surface area (Å²) in [6, 6.07) is 7.34. The fraction of sp³-hybridized carbons (Fsp3) is 0.250. The van der Waals surface area contributed by atoms with Gasteiger partial charge in [-0.3, -0.25) is 4.79 Å². The first-order valence-electron chi connectivity index (χ1n) is 7.17. The molecular weight excluding hydrogens is 366 g/mol. The maximum absolute atomic E-state index is 12.1. The number of rotatable bonds is 7. The van der Waals surface area contributed by atoms with E-state index in [-0.39, 0.29) is 22.0 Å². The van der Waals surface area contributed by atoms with Gasteiger partial charge in [0.1, 0.15) is 10.6 Å². The van der Waals surface area contributed by atoms with Gasteiger partial charge in [0.25, 0.3) is 0 Å². The number of hydrogen-bond donors (Lipinski definition) is 1. The van der Waals surface area contributed by atoms with Gasteiger partial charge in [-0.05, 0) is 44.3 Å². The van der Waals surface area contributed by atoms with Crippen LogP contribution in [0.1, 0.15) is 24.9 Å². The van der Waals surface area contributed by atoms with Crippen LogP contribution in [0.4, 0.5) is 0 Å². The van der Waals surface area contributed by atoms with Gasteiger partial charge < -0.3 is 9.47 Å². The molecule has 0 aliphatic rings. The van der Waals surface area contributed by atoms with E-state index < -0.39 is 22.6 Å². The van der Waals surface area contributed by atoms with Crippen LogP contribution < -0.4 is 9.46 Å². The maximum atomic E-state index is 12.1. The molecule has 9 heteroatoms. The summed E-state index contributed by atoms with van der Waals surface area (Å²) in [4.78, 5) is 25.4. The molecule has 0 amide bonds. The zero-order chi connectivity index (χ0) is 18.6. The Morgan fingerprint density at radius 2 is 1.92 bits per heavy atom. The lowest BCUT2D eigenvalue weighted by atomic mass is 10.2. The number of esters is 1. The van der Waals surface area contributed by atoms with Crippen LogP contribution in [0.25, 0.3) is 0 Å². The zero-order valence-corrected chi connectivity index (χ0v) is 15.5. The summed E-state index contributed by atoms with van der Waals surface area (Å²) in [5.41, 5.74) is 0.00443. The average molecular weight is 383 g/mol. The van der Waals surface area contributed by atoms with Crippen LogP contribution in [-0.4, -0.2) is 40.9 Å². The van der Waals surface area contributed by atoms with E-state index in [2.05, 4.69) is 4.72 Å². The molecular formula is C16H17NO6S2. The number of Topliss-reactive ketones (excluding diaryl/α,β-unsaturated/α-hetero) is 1. The van der Waals surface area contributed by atoms with Crippen LogP contribution in [0, 0.1) is 6.92 Å². The summed E-state index contributed by atoms with van der Waals surface area (Å²) in [7, 11) is -1.24. The number of ketones is 1. The predicted molar refractivity (Wildman–Crippen MR) is 92.9 cm³/mol. The van der Waals surface area contributed by atoms with Gasteiger partial charge in [-0.1, -0.05) is 0 Å². The number of methoxy groups -OCH3 is 1. The molecule has 134 valence electrons. The van der Waals surface area contributed by atoms with Gasteiger partial charge in [0.2, 0.25) is 15.8 Å². The molecule has 0 fully saturated rings. The number of carbonyl (C=O) groups excluding carboxylic acids is 2. The Morgan fingerprint density at radius 3 is 2.48 bits per heavy atom. The number of ether oxygens (including phenoxy) is 2. The molecule has 0 unspecified atom stereocenters. The van der Waals surface area contributed by atoms with Gasteiger partial charge in [-0.15, -0.1) is 11.3 Å². The molecule has 1 heterocycles. The SMILES string of the molecule is CNS(=O)(=O)c1cc(C(=O)OCC(=O)c2ccc(C)s2)ccc1OC. The first kappa shape index (κ1) is 19.1. The van der Waals surface area contributed by atoms with E-state index in [0.29, 0.717) is 4.88 Å². The van der Waals surface area contributed by atoms with E-state index in [9.17, 15) is 18.0 Å². The zero-order valence-electron chi connectivity index (χ0n) is 13.9. The third-order valence-corrected chi connectivity index (χ3v) is 5.78. The Hall–Kier alpha value is -2.23. The molecule has 1 N–H and O–H groups in total. The summed E-state index contributed by atoms with van der Waals surface area (Å²) in [6.07, 6.45) is 0. The lowest BCUT2D eigenvalue weighted by Gasteiger charge is -2.10. The molecule has 2 aromatic rings. The second kappa shape index (κ2) is 7.77. The minimum atomic E-state index is -3.82. The third-order valence-electron chi connectivity index (χ3n) is 3.31. The molecule has 0 radical (unpaired) electrons. The van der Waals surface area contributed by atoms with Crippen molar-refractivity contribution in [1.82, 2.24) is 4.72 Å². The number of aryl methyl sites for hydroxylation is 1. The average Bonchev–Trinajstić information content (AvgIpc) is 3.05. The van der Waals surface area contributed by atoms with Crippen molar-refractivity contribution in [3.05, 3.63) is 45.6 Å². The van der Waals surface area contributed by atoms with E-state index in [1.54, 1.807) is 12.1 Å². The van der Waals surface area contributed by atoms with Crippen molar-refractivity contribution in [2.75, 3.05) is 20.8 Å². The lowest BCUT2D eigenvalue weighted by Crippen LogP contribution is -2.20. The van der Waals surface area contributed by atoms with E-state index >= 15 is 0 Å². The number of sulfonamides is 1. The lowest BCUT2D eigenvalue weighted by molar-refractivity contribution is 0.0475. The Morgan fingerprint density at radius 1 is 1.20 bits per heavy atom. The fourth-order valence-electron chi connectivity index (χ4n) is 1.99. The van der Waals surface area contributed by atoms with E-state index in [1.807, 2.05) is 6.92 Å².